The number of fused-ring (bicyclic) bond motifs is 1. The van der Waals surface area contributed by atoms with Gasteiger partial charge in [0, 0.05) is 25.5 Å². The second-order valence-corrected chi connectivity index (χ2v) is 6.45. The molecule has 7 heteroatoms. The molecule has 1 aliphatic rings. The summed E-state index contributed by atoms with van der Waals surface area (Å²) in [7, 11) is 0. The first-order valence-electron chi connectivity index (χ1n) is 8.49. The van der Waals surface area contributed by atoms with Gasteiger partial charge in [0.2, 0.25) is 5.91 Å². The Morgan fingerprint density at radius 1 is 1.35 bits per heavy atom. The summed E-state index contributed by atoms with van der Waals surface area (Å²) >= 11 is 0. The molecular formula is C19H18N6O. The SMILES string of the molecule is Cc1cc2c(N[C@H]3CCN(Cc4ccc(C#N)cc4)C3=O)nccn2n1. The maximum Gasteiger partial charge on any atom is 0.245 e. The second-order valence-electron chi connectivity index (χ2n) is 6.45. The van der Waals surface area contributed by atoms with Crippen molar-refractivity contribution in [2.24, 2.45) is 0 Å². The molecule has 0 radical (unpaired) electrons. The number of benzene rings is 1. The molecule has 0 unspecified atom stereocenters. The van der Waals surface area contributed by atoms with Crippen LogP contribution < -0.4 is 5.32 Å². The zero-order valence-corrected chi connectivity index (χ0v) is 14.4. The van der Waals surface area contributed by atoms with Gasteiger partial charge in [0.15, 0.2) is 5.82 Å². The van der Waals surface area contributed by atoms with Crippen molar-refractivity contribution in [2.45, 2.75) is 25.9 Å². The van der Waals surface area contributed by atoms with E-state index in [2.05, 4.69) is 21.5 Å². The Hall–Kier alpha value is -3.40. The Labute approximate surface area is 150 Å². The van der Waals surface area contributed by atoms with E-state index in [-0.39, 0.29) is 11.9 Å². The van der Waals surface area contributed by atoms with Crippen LogP contribution in [0.5, 0.6) is 0 Å². The van der Waals surface area contributed by atoms with E-state index in [4.69, 9.17) is 5.26 Å². The molecule has 0 aliphatic carbocycles. The highest BCUT2D eigenvalue weighted by atomic mass is 16.2. The minimum absolute atomic E-state index is 0.0643. The standard InChI is InChI=1S/C19H18N6O/c1-13-10-17-18(21-7-9-25(17)23-13)22-16-6-8-24(19(16)26)12-15-4-2-14(11-20)3-5-15/h2-5,7,9-10,16H,6,8,12H2,1H3,(H,21,22)/t16-/m0/s1. The molecule has 0 spiro atoms. The quantitative estimate of drug-likeness (QED) is 0.782. The van der Waals surface area contributed by atoms with E-state index in [0.29, 0.717) is 24.5 Å². The fourth-order valence-electron chi connectivity index (χ4n) is 3.26. The summed E-state index contributed by atoms with van der Waals surface area (Å²) in [5, 5.41) is 16.5. The zero-order valence-electron chi connectivity index (χ0n) is 14.4. The molecule has 1 saturated heterocycles. The molecule has 26 heavy (non-hydrogen) atoms. The van der Waals surface area contributed by atoms with Crippen LogP contribution in [0.4, 0.5) is 5.82 Å². The summed E-state index contributed by atoms with van der Waals surface area (Å²) < 4.78 is 1.76. The number of anilines is 1. The lowest BCUT2D eigenvalue weighted by molar-refractivity contribution is -0.128. The molecule has 3 heterocycles. The van der Waals surface area contributed by atoms with Gasteiger partial charge in [-0.1, -0.05) is 12.1 Å². The highest BCUT2D eigenvalue weighted by Crippen LogP contribution is 2.21. The van der Waals surface area contributed by atoms with Gasteiger partial charge in [0.05, 0.1) is 17.3 Å². The first kappa shape index (κ1) is 16.1. The van der Waals surface area contributed by atoms with Crippen LogP contribution in [-0.4, -0.2) is 38.0 Å². The number of aromatic nitrogens is 3. The number of hydrogen-bond donors (Lipinski definition) is 1. The number of nitrogens with zero attached hydrogens (tertiary/aromatic N) is 5. The summed E-state index contributed by atoms with van der Waals surface area (Å²) in [5.41, 5.74) is 3.41. The van der Waals surface area contributed by atoms with E-state index < -0.39 is 0 Å². The number of nitrogens with one attached hydrogen (secondary N) is 1. The molecule has 7 nitrogen and oxygen atoms in total. The molecule has 4 rings (SSSR count). The smallest absolute Gasteiger partial charge is 0.245 e. The number of carbonyl (C=O) groups is 1. The number of likely N-dealkylation sites (tertiary alicyclic amines) is 1. The zero-order chi connectivity index (χ0) is 18.1. The van der Waals surface area contributed by atoms with Crippen molar-refractivity contribution in [1.82, 2.24) is 19.5 Å². The van der Waals surface area contributed by atoms with Crippen LogP contribution in [-0.2, 0) is 11.3 Å². The third kappa shape index (κ3) is 2.97. The van der Waals surface area contributed by atoms with Gasteiger partial charge in [-0.25, -0.2) is 9.50 Å². The number of amides is 1. The molecule has 130 valence electrons. The van der Waals surface area contributed by atoms with Crippen molar-refractivity contribution in [3.05, 3.63) is 59.5 Å². The van der Waals surface area contributed by atoms with Crippen LogP contribution in [0.25, 0.3) is 5.52 Å². The fraction of sp³-hybridized carbons (Fsp3) is 0.263. The molecule has 1 aliphatic heterocycles. The summed E-state index contributed by atoms with van der Waals surface area (Å²) in [6.07, 6.45) is 4.20. The van der Waals surface area contributed by atoms with Crippen LogP contribution in [0.3, 0.4) is 0 Å². The highest BCUT2D eigenvalue weighted by molar-refractivity contribution is 5.87. The van der Waals surface area contributed by atoms with Gasteiger partial charge in [-0.3, -0.25) is 4.79 Å². The van der Waals surface area contributed by atoms with Gasteiger partial charge >= 0.3 is 0 Å². The van der Waals surface area contributed by atoms with Crippen molar-refractivity contribution in [1.29, 1.82) is 5.26 Å². The highest BCUT2D eigenvalue weighted by Gasteiger charge is 2.32. The monoisotopic (exact) mass is 346 g/mol. The van der Waals surface area contributed by atoms with Crippen LogP contribution in [0.2, 0.25) is 0 Å². The normalized spacial score (nSPS) is 16.8. The molecule has 1 atom stereocenters. The Morgan fingerprint density at radius 2 is 2.15 bits per heavy atom. The van der Waals surface area contributed by atoms with Crippen molar-refractivity contribution in [3.8, 4) is 6.07 Å². The van der Waals surface area contributed by atoms with E-state index in [9.17, 15) is 4.79 Å². The van der Waals surface area contributed by atoms with Crippen molar-refractivity contribution in [3.63, 3.8) is 0 Å². The van der Waals surface area contributed by atoms with Gasteiger partial charge in [-0.2, -0.15) is 10.4 Å². The molecular weight excluding hydrogens is 328 g/mol. The van der Waals surface area contributed by atoms with Crippen LogP contribution >= 0.6 is 0 Å². The van der Waals surface area contributed by atoms with Crippen LogP contribution in [0.15, 0.2) is 42.7 Å². The van der Waals surface area contributed by atoms with Crippen LogP contribution in [0.1, 0.15) is 23.2 Å². The van der Waals surface area contributed by atoms with Gasteiger partial charge in [0.25, 0.3) is 0 Å². The topological polar surface area (TPSA) is 86.3 Å². The van der Waals surface area contributed by atoms with Crippen LogP contribution in [0, 0.1) is 18.3 Å². The van der Waals surface area contributed by atoms with E-state index in [1.54, 1.807) is 29.0 Å². The lowest BCUT2D eigenvalue weighted by Crippen LogP contribution is -2.33. The van der Waals surface area contributed by atoms with Gasteiger partial charge in [0.1, 0.15) is 11.6 Å². The van der Waals surface area contributed by atoms with Crippen molar-refractivity contribution in [2.75, 3.05) is 11.9 Å². The minimum Gasteiger partial charge on any atom is -0.357 e. The summed E-state index contributed by atoms with van der Waals surface area (Å²) in [6, 6.07) is 11.1. The molecule has 1 fully saturated rings. The maximum atomic E-state index is 12.7. The average molecular weight is 346 g/mol. The lowest BCUT2D eigenvalue weighted by Gasteiger charge is -2.17. The molecule has 1 aromatic carbocycles. The molecule has 0 bridgehead atoms. The van der Waals surface area contributed by atoms with E-state index in [1.807, 2.05) is 30.0 Å². The average Bonchev–Trinajstić information content (AvgIpc) is 3.19. The number of carbonyl (C=O) groups excluding carboxylic acids is 1. The number of aryl methyl sites for hydroxylation is 1. The largest absolute Gasteiger partial charge is 0.357 e. The first-order chi connectivity index (χ1) is 12.6. The number of nitriles is 1. The Balaban J connectivity index is 1.47. The van der Waals surface area contributed by atoms with Gasteiger partial charge in [-0.05, 0) is 37.1 Å². The summed E-state index contributed by atoms with van der Waals surface area (Å²) in [6.45, 7) is 3.17. The molecule has 1 amide bonds. The number of rotatable bonds is 4. The maximum absolute atomic E-state index is 12.7. The molecule has 3 aromatic rings. The fourth-order valence-corrected chi connectivity index (χ4v) is 3.26. The van der Waals surface area contributed by atoms with E-state index >= 15 is 0 Å². The molecule has 1 N–H and O–H groups in total. The summed E-state index contributed by atoms with van der Waals surface area (Å²) in [5.74, 6) is 0.737. The first-order valence-corrected chi connectivity index (χ1v) is 8.49. The Morgan fingerprint density at radius 3 is 2.92 bits per heavy atom. The Kier molecular flexibility index (Phi) is 4.01. The molecule has 2 aromatic heterocycles. The molecule has 0 saturated carbocycles. The van der Waals surface area contributed by atoms with Crippen molar-refractivity contribution < 1.29 is 4.79 Å². The summed E-state index contributed by atoms with van der Waals surface area (Å²) in [4.78, 5) is 18.9. The minimum atomic E-state index is -0.290. The predicted molar refractivity (Wildman–Crippen MR) is 96.3 cm³/mol. The van der Waals surface area contributed by atoms with Gasteiger partial charge < -0.3 is 10.2 Å². The Bertz CT molecular complexity index is 1000. The predicted octanol–water partition coefficient (Wildman–Crippen LogP) is 2.12. The third-order valence-corrected chi connectivity index (χ3v) is 4.58. The van der Waals surface area contributed by atoms with E-state index in [0.717, 1.165) is 23.2 Å². The third-order valence-electron chi connectivity index (χ3n) is 4.58. The van der Waals surface area contributed by atoms with Gasteiger partial charge in [-0.15, -0.1) is 0 Å². The van der Waals surface area contributed by atoms with Crippen molar-refractivity contribution >= 4 is 17.2 Å². The lowest BCUT2D eigenvalue weighted by atomic mass is 10.1. The second kappa shape index (κ2) is 6.48. The van der Waals surface area contributed by atoms with E-state index in [1.165, 1.54) is 0 Å². The number of hydrogen-bond acceptors (Lipinski definition) is 5.